The predicted octanol–water partition coefficient (Wildman–Crippen LogP) is 4.47. The number of nitro benzene ring substituents is 1. The molecule has 1 aliphatic carbocycles. The Bertz CT molecular complexity index is 807. The Morgan fingerprint density at radius 2 is 2.22 bits per heavy atom. The van der Waals surface area contributed by atoms with Crippen LogP contribution in [0.1, 0.15) is 29.6 Å². The van der Waals surface area contributed by atoms with Crippen LogP contribution in [0.2, 0.25) is 5.02 Å². The van der Waals surface area contributed by atoms with Gasteiger partial charge in [-0.25, -0.2) is 0 Å². The highest BCUT2D eigenvalue weighted by atomic mass is 35.5. The van der Waals surface area contributed by atoms with Crippen LogP contribution in [-0.4, -0.2) is 9.91 Å². The van der Waals surface area contributed by atoms with Gasteiger partial charge < -0.3 is 5.32 Å². The zero-order valence-corrected chi connectivity index (χ0v) is 12.9. The molecule has 1 N–H and O–H groups in total. The Morgan fingerprint density at radius 1 is 1.35 bits per heavy atom. The number of benzene rings is 1. The lowest BCUT2D eigenvalue weighted by Gasteiger charge is -2.37. The maximum atomic E-state index is 11.1. The zero-order chi connectivity index (χ0) is 16.0. The van der Waals surface area contributed by atoms with Gasteiger partial charge in [-0.15, -0.1) is 0 Å². The molecule has 0 radical (unpaired) electrons. The lowest BCUT2D eigenvalue weighted by atomic mass is 9.78. The molecule has 0 amide bonds. The van der Waals surface area contributed by atoms with Gasteiger partial charge in [-0.3, -0.25) is 15.1 Å². The molecule has 2 heterocycles. The number of pyridine rings is 1. The van der Waals surface area contributed by atoms with Gasteiger partial charge in [0, 0.05) is 24.2 Å². The number of allylic oxidation sites excluding steroid dienone is 2. The highest BCUT2D eigenvalue weighted by Crippen LogP contribution is 2.52. The molecule has 0 bridgehead atoms. The molecular formula is C17H14ClN3O2. The Labute approximate surface area is 138 Å². The van der Waals surface area contributed by atoms with E-state index in [9.17, 15) is 10.1 Å². The van der Waals surface area contributed by atoms with Crippen molar-refractivity contribution in [3.05, 3.63) is 75.1 Å². The molecule has 1 aliphatic heterocycles. The molecule has 0 saturated heterocycles. The third kappa shape index (κ3) is 2.28. The van der Waals surface area contributed by atoms with Crippen molar-refractivity contribution in [2.24, 2.45) is 5.92 Å². The quantitative estimate of drug-likeness (QED) is 0.502. The molecular weight excluding hydrogens is 314 g/mol. The van der Waals surface area contributed by atoms with E-state index in [0.29, 0.717) is 5.02 Å². The fraction of sp³-hybridized carbons (Fsp3) is 0.235. The fourth-order valence-corrected chi connectivity index (χ4v) is 3.87. The van der Waals surface area contributed by atoms with Gasteiger partial charge in [-0.1, -0.05) is 29.8 Å². The third-order valence-electron chi connectivity index (χ3n) is 4.62. The van der Waals surface area contributed by atoms with E-state index in [0.717, 1.165) is 23.4 Å². The second-order valence-electron chi connectivity index (χ2n) is 5.88. The number of fused-ring (bicyclic) bond motifs is 3. The minimum Gasteiger partial charge on any atom is -0.375 e. The molecule has 0 saturated carbocycles. The Hall–Kier alpha value is -2.40. The number of rotatable bonds is 2. The van der Waals surface area contributed by atoms with Gasteiger partial charge in [0.25, 0.3) is 5.69 Å². The summed E-state index contributed by atoms with van der Waals surface area (Å²) >= 11 is 6.32. The number of nitro groups is 1. The molecule has 0 unspecified atom stereocenters. The van der Waals surface area contributed by atoms with E-state index in [4.69, 9.17) is 11.6 Å². The van der Waals surface area contributed by atoms with E-state index in [1.165, 1.54) is 6.07 Å². The van der Waals surface area contributed by atoms with Gasteiger partial charge in [-0.2, -0.15) is 0 Å². The minimum atomic E-state index is -0.398. The fourth-order valence-electron chi connectivity index (χ4n) is 3.60. The van der Waals surface area contributed by atoms with Gasteiger partial charge >= 0.3 is 0 Å². The number of hydrogen-bond acceptors (Lipinski definition) is 4. The molecule has 1 aromatic heterocycles. The van der Waals surface area contributed by atoms with E-state index in [1.54, 1.807) is 12.3 Å². The maximum Gasteiger partial charge on any atom is 0.271 e. The van der Waals surface area contributed by atoms with Crippen molar-refractivity contribution in [1.29, 1.82) is 0 Å². The summed E-state index contributed by atoms with van der Waals surface area (Å²) in [5.74, 6) is 0.408. The highest BCUT2D eigenvalue weighted by molar-refractivity contribution is 6.33. The summed E-state index contributed by atoms with van der Waals surface area (Å²) in [6.07, 6.45) is 6.95. The van der Waals surface area contributed by atoms with E-state index in [1.807, 2.05) is 18.2 Å². The van der Waals surface area contributed by atoms with Crippen molar-refractivity contribution in [2.45, 2.75) is 18.4 Å². The van der Waals surface area contributed by atoms with E-state index in [2.05, 4.69) is 22.5 Å². The van der Waals surface area contributed by atoms with Crippen LogP contribution in [0.5, 0.6) is 0 Å². The first-order valence-corrected chi connectivity index (χ1v) is 7.85. The molecule has 1 aromatic carbocycles. The largest absolute Gasteiger partial charge is 0.375 e. The van der Waals surface area contributed by atoms with Gasteiger partial charge in [0.1, 0.15) is 0 Å². The first-order chi connectivity index (χ1) is 11.1. The molecule has 2 aromatic rings. The zero-order valence-electron chi connectivity index (χ0n) is 12.1. The van der Waals surface area contributed by atoms with Crippen LogP contribution < -0.4 is 5.32 Å². The monoisotopic (exact) mass is 327 g/mol. The number of anilines is 1. The van der Waals surface area contributed by atoms with Gasteiger partial charge in [0.05, 0.1) is 27.4 Å². The topological polar surface area (TPSA) is 68.1 Å². The number of aromatic nitrogens is 1. The van der Waals surface area contributed by atoms with Crippen LogP contribution in [0.15, 0.2) is 48.7 Å². The standard InChI is InChI=1S/C17H14ClN3O2/c18-14-9-10(21(22)23)8-13-11-4-3-5-12(11)17(20-16(13)14)15-6-1-2-7-19-15/h1-4,6-9,11-12,17,20H,5H2/t11-,12+,17+/m1/s1. The first kappa shape index (κ1) is 14.2. The van der Waals surface area contributed by atoms with Crippen LogP contribution in [0.4, 0.5) is 11.4 Å². The van der Waals surface area contributed by atoms with E-state index in [-0.39, 0.29) is 23.6 Å². The van der Waals surface area contributed by atoms with Crippen LogP contribution >= 0.6 is 11.6 Å². The summed E-state index contributed by atoms with van der Waals surface area (Å²) in [5.41, 5.74) is 2.67. The summed E-state index contributed by atoms with van der Waals surface area (Å²) in [4.78, 5) is 15.2. The van der Waals surface area contributed by atoms with Crippen molar-refractivity contribution in [1.82, 2.24) is 4.98 Å². The normalized spacial score (nSPS) is 24.7. The van der Waals surface area contributed by atoms with E-state index < -0.39 is 4.92 Å². The molecule has 5 nitrogen and oxygen atoms in total. The Kier molecular flexibility index (Phi) is 3.31. The number of hydrogen-bond donors (Lipinski definition) is 1. The molecule has 3 atom stereocenters. The molecule has 23 heavy (non-hydrogen) atoms. The van der Waals surface area contributed by atoms with Crippen molar-refractivity contribution in [2.75, 3.05) is 5.32 Å². The molecule has 4 rings (SSSR count). The SMILES string of the molecule is O=[N+]([O-])c1cc(Cl)c2c(c1)[C@@H]1C=CC[C@@H]1[C@@H](c1ccccn1)N2. The third-order valence-corrected chi connectivity index (χ3v) is 4.92. The summed E-state index contributed by atoms with van der Waals surface area (Å²) in [7, 11) is 0. The Balaban J connectivity index is 1.84. The second kappa shape index (κ2) is 5.35. The summed E-state index contributed by atoms with van der Waals surface area (Å²) in [6.45, 7) is 0. The molecule has 0 fully saturated rings. The van der Waals surface area contributed by atoms with Crippen LogP contribution in [0, 0.1) is 16.0 Å². The van der Waals surface area contributed by atoms with Crippen LogP contribution in [-0.2, 0) is 0 Å². The Morgan fingerprint density at radius 3 is 2.96 bits per heavy atom. The molecule has 116 valence electrons. The van der Waals surface area contributed by atoms with E-state index >= 15 is 0 Å². The van der Waals surface area contributed by atoms with Gasteiger partial charge in [-0.05, 0) is 30.0 Å². The molecule has 2 aliphatic rings. The van der Waals surface area contributed by atoms with Crippen molar-refractivity contribution in [3.8, 4) is 0 Å². The molecule has 0 spiro atoms. The second-order valence-corrected chi connectivity index (χ2v) is 6.29. The lowest BCUT2D eigenvalue weighted by molar-refractivity contribution is -0.384. The van der Waals surface area contributed by atoms with Crippen molar-refractivity contribution < 1.29 is 4.92 Å². The summed E-state index contributed by atoms with van der Waals surface area (Å²) < 4.78 is 0. The van der Waals surface area contributed by atoms with Crippen molar-refractivity contribution in [3.63, 3.8) is 0 Å². The number of nitrogens with one attached hydrogen (secondary N) is 1. The highest BCUT2D eigenvalue weighted by Gasteiger charge is 2.40. The first-order valence-electron chi connectivity index (χ1n) is 7.47. The molecule has 6 heteroatoms. The number of non-ortho nitro benzene ring substituents is 1. The number of nitrogens with zero attached hydrogens (tertiary/aromatic N) is 2. The average Bonchev–Trinajstić information content (AvgIpc) is 3.04. The van der Waals surface area contributed by atoms with Gasteiger partial charge in [0.2, 0.25) is 0 Å². The maximum absolute atomic E-state index is 11.1. The summed E-state index contributed by atoms with van der Waals surface area (Å²) in [6, 6.07) is 8.94. The number of halogens is 1. The average molecular weight is 328 g/mol. The minimum absolute atomic E-state index is 0.0332. The van der Waals surface area contributed by atoms with Crippen molar-refractivity contribution >= 4 is 23.0 Å². The van der Waals surface area contributed by atoms with Gasteiger partial charge in [0.15, 0.2) is 0 Å². The summed E-state index contributed by atoms with van der Waals surface area (Å²) in [5, 5.41) is 15.0. The van der Waals surface area contributed by atoms with Crippen LogP contribution in [0.3, 0.4) is 0 Å². The lowest BCUT2D eigenvalue weighted by Crippen LogP contribution is -2.30. The predicted molar refractivity (Wildman–Crippen MR) is 88.7 cm³/mol. The van der Waals surface area contributed by atoms with Crippen LogP contribution in [0.25, 0.3) is 0 Å². The smallest absolute Gasteiger partial charge is 0.271 e.